The van der Waals surface area contributed by atoms with E-state index >= 15 is 0 Å². The first kappa shape index (κ1) is 18.4. The van der Waals surface area contributed by atoms with Crippen LogP contribution >= 0.6 is 0 Å². The summed E-state index contributed by atoms with van der Waals surface area (Å²) in [6, 6.07) is 10.4. The van der Waals surface area contributed by atoms with Gasteiger partial charge < -0.3 is 14.4 Å². The molecule has 7 heteroatoms. The largest absolute Gasteiger partial charge is 0.416 e. The van der Waals surface area contributed by atoms with Crippen molar-refractivity contribution in [1.82, 2.24) is 0 Å². The van der Waals surface area contributed by atoms with Gasteiger partial charge in [-0.2, -0.15) is 13.2 Å². The molecule has 1 amide bonds. The average molecular weight is 365 g/mol. The summed E-state index contributed by atoms with van der Waals surface area (Å²) >= 11 is 0. The highest BCUT2D eigenvalue weighted by Crippen LogP contribution is 2.34. The third-order valence-corrected chi connectivity index (χ3v) is 4.20. The Balaban J connectivity index is 1.98. The molecule has 2 aromatic carbocycles. The van der Waals surface area contributed by atoms with Gasteiger partial charge in [0.15, 0.2) is 0 Å². The predicted molar refractivity (Wildman–Crippen MR) is 90.8 cm³/mol. The molecule has 0 aliphatic carbocycles. The van der Waals surface area contributed by atoms with Gasteiger partial charge in [0.05, 0.1) is 18.8 Å². The standard InChI is InChI=1S/C19H18F3NO3/c1-25-8-7-23-17-6-5-14(9-15(17)11-26-12-18(23)24)13-3-2-4-16(10-13)19(20,21)22/h2-6,9-10H,7-8,11-12H2,1H3. The second-order valence-corrected chi connectivity index (χ2v) is 5.95. The lowest BCUT2D eigenvalue weighted by molar-refractivity contribution is -0.137. The number of rotatable bonds is 4. The molecule has 138 valence electrons. The molecule has 0 N–H and O–H groups in total. The monoisotopic (exact) mass is 365 g/mol. The number of alkyl halides is 3. The van der Waals surface area contributed by atoms with Crippen molar-refractivity contribution in [3.63, 3.8) is 0 Å². The predicted octanol–water partition coefficient (Wildman–Crippen LogP) is 3.88. The van der Waals surface area contributed by atoms with Gasteiger partial charge in [-0.05, 0) is 35.4 Å². The first-order valence-corrected chi connectivity index (χ1v) is 8.08. The number of hydrogen-bond acceptors (Lipinski definition) is 3. The molecule has 4 nitrogen and oxygen atoms in total. The number of carbonyl (C=O) groups excluding carboxylic acids is 1. The number of methoxy groups -OCH3 is 1. The Morgan fingerprint density at radius 3 is 2.62 bits per heavy atom. The summed E-state index contributed by atoms with van der Waals surface area (Å²) in [5, 5.41) is 0. The van der Waals surface area contributed by atoms with Crippen molar-refractivity contribution in [3.05, 3.63) is 53.6 Å². The van der Waals surface area contributed by atoms with Crippen molar-refractivity contribution < 1.29 is 27.4 Å². The molecule has 0 unspecified atom stereocenters. The Kier molecular flexibility index (Phi) is 5.29. The highest BCUT2D eigenvalue weighted by atomic mass is 19.4. The van der Waals surface area contributed by atoms with E-state index < -0.39 is 11.7 Å². The number of fused-ring (bicyclic) bond motifs is 1. The van der Waals surface area contributed by atoms with Gasteiger partial charge in [0.25, 0.3) is 5.91 Å². The van der Waals surface area contributed by atoms with E-state index in [0.717, 1.165) is 17.7 Å². The van der Waals surface area contributed by atoms with Crippen LogP contribution in [0.4, 0.5) is 18.9 Å². The third-order valence-electron chi connectivity index (χ3n) is 4.20. The quantitative estimate of drug-likeness (QED) is 0.825. The molecule has 1 heterocycles. The van der Waals surface area contributed by atoms with Gasteiger partial charge in [0, 0.05) is 24.9 Å². The second kappa shape index (κ2) is 7.47. The summed E-state index contributed by atoms with van der Waals surface area (Å²) in [6.07, 6.45) is -4.39. The van der Waals surface area contributed by atoms with Crippen LogP contribution in [0.2, 0.25) is 0 Å². The number of benzene rings is 2. The molecule has 1 aliphatic rings. The molecule has 0 spiro atoms. The Labute approximate surface area is 149 Å². The van der Waals surface area contributed by atoms with Gasteiger partial charge in [-0.15, -0.1) is 0 Å². The maximum atomic E-state index is 12.9. The number of ether oxygens (including phenoxy) is 2. The summed E-state index contributed by atoms with van der Waals surface area (Å²) in [5.74, 6) is -0.174. The fourth-order valence-corrected chi connectivity index (χ4v) is 2.91. The molecule has 0 fully saturated rings. The molecule has 0 saturated carbocycles. The molecule has 1 aliphatic heterocycles. The molecule has 26 heavy (non-hydrogen) atoms. The number of nitrogens with zero attached hydrogens (tertiary/aromatic N) is 1. The van der Waals surface area contributed by atoms with Gasteiger partial charge in [-0.3, -0.25) is 4.79 Å². The van der Waals surface area contributed by atoms with Crippen molar-refractivity contribution in [3.8, 4) is 11.1 Å². The highest BCUT2D eigenvalue weighted by Gasteiger charge is 2.30. The van der Waals surface area contributed by atoms with Crippen molar-refractivity contribution in [1.29, 1.82) is 0 Å². The van der Waals surface area contributed by atoms with Crippen LogP contribution in [0.15, 0.2) is 42.5 Å². The Morgan fingerprint density at radius 1 is 1.12 bits per heavy atom. The minimum atomic E-state index is -4.39. The van der Waals surface area contributed by atoms with E-state index in [1.54, 1.807) is 36.3 Å². The fraction of sp³-hybridized carbons (Fsp3) is 0.316. The van der Waals surface area contributed by atoms with Gasteiger partial charge in [0.1, 0.15) is 6.61 Å². The summed E-state index contributed by atoms with van der Waals surface area (Å²) in [6.45, 7) is 0.934. The molecule has 2 aromatic rings. The Morgan fingerprint density at radius 2 is 1.88 bits per heavy atom. The van der Waals surface area contributed by atoms with E-state index in [-0.39, 0.29) is 19.1 Å². The zero-order valence-corrected chi connectivity index (χ0v) is 14.2. The van der Waals surface area contributed by atoms with Crippen LogP contribution in [-0.2, 0) is 27.1 Å². The SMILES string of the molecule is COCCN1C(=O)COCc2cc(-c3cccc(C(F)(F)F)c3)ccc21. The zero-order valence-electron chi connectivity index (χ0n) is 14.2. The smallest absolute Gasteiger partial charge is 0.383 e. The Hall–Kier alpha value is -2.38. The number of halogens is 3. The number of anilines is 1. The first-order valence-electron chi connectivity index (χ1n) is 8.08. The van der Waals surface area contributed by atoms with Crippen LogP contribution in [0.5, 0.6) is 0 Å². The molecular weight excluding hydrogens is 347 g/mol. The van der Waals surface area contributed by atoms with Crippen LogP contribution in [-0.4, -0.2) is 32.8 Å². The molecule has 0 atom stereocenters. The van der Waals surface area contributed by atoms with E-state index in [2.05, 4.69) is 0 Å². The van der Waals surface area contributed by atoms with Crippen molar-refractivity contribution >= 4 is 11.6 Å². The van der Waals surface area contributed by atoms with Gasteiger partial charge >= 0.3 is 6.18 Å². The first-order chi connectivity index (χ1) is 12.4. The van der Waals surface area contributed by atoms with E-state index in [1.165, 1.54) is 6.07 Å². The number of hydrogen-bond donors (Lipinski definition) is 0. The summed E-state index contributed by atoms with van der Waals surface area (Å²) in [4.78, 5) is 13.8. The fourth-order valence-electron chi connectivity index (χ4n) is 2.91. The van der Waals surface area contributed by atoms with Crippen LogP contribution in [0.1, 0.15) is 11.1 Å². The topological polar surface area (TPSA) is 38.8 Å². The van der Waals surface area contributed by atoms with E-state index in [4.69, 9.17) is 9.47 Å². The highest BCUT2D eigenvalue weighted by molar-refractivity contribution is 5.96. The summed E-state index contributed by atoms with van der Waals surface area (Å²) < 4.78 is 49.3. The van der Waals surface area contributed by atoms with Crippen molar-refractivity contribution in [2.45, 2.75) is 12.8 Å². The van der Waals surface area contributed by atoms with Crippen molar-refractivity contribution in [2.24, 2.45) is 0 Å². The zero-order chi connectivity index (χ0) is 18.7. The lowest BCUT2D eigenvalue weighted by Crippen LogP contribution is -2.35. The number of carbonyl (C=O) groups is 1. The molecule has 0 bridgehead atoms. The minimum Gasteiger partial charge on any atom is -0.383 e. The second-order valence-electron chi connectivity index (χ2n) is 5.95. The van der Waals surface area contributed by atoms with E-state index in [0.29, 0.717) is 30.0 Å². The van der Waals surface area contributed by atoms with E-state index in [9.17, 15) is 18.0 Å². The third kappa shape index (κ3) is 3.89. The van der Waals surface area contributed by atoms with Crippen LogP contribution in [0.3, 0.4) is 0 Å². The summed E-state index contributed by atoms with van der Waals surface area (Å²) in [7, 11) is 1.55. The molecule has 0 radical (unpaired) electrons. The maximum Gasteiger partial charge on any atom is 0.416 e. The lowest BCUT2D eigenvalue weighted by Gasteiger charge is -2.22. The van der Waals surface area contributed by atoms with Gasteiger partial charge in [-0.25, -0.2) is 0 Å². The van der Waals surface area contributed by atoms with Crippen LogP contribution in [0.25, 0.3) is 11.1 Å². The minimum absolute atomic E-state index is 0.0444. The molecule has 3 rings (SSSR count). The van der Waals surface area contributed by atoms with Crippen molar-refractivity contribution in [2.75, 3.05) is 31.8 Å². The normalized spacial score (nSPS) is 14.9. The van der Waals surface area contributed by atoms with E-state index in [1.807, 2.05) is 0 Å². The molecular formula is C19H18F3NO3. The van der Waals surface area contributed by atoms with Gasteiger partial charge in [-0.1, -0.05) is 18.2 Å². The van der Waals surface area contributed by atoms with Crippen LogP contribution < -0.4 is 4.90 Å². The Bertz CT molecular complexity index is 805. The summed E-state index contributed by atoms with van der Waals surface area (Å²) in [5.41, 5.74) is 1.85. The average Bonchev–Trinajstić information content (AvgIpc) is 2.77. The molecule has 0 saturated heterocycles. The maximum absolute atomic E-state index is 12.9. The van der Waals surface area contributed by atoms with Crippen LogP contribution in [0, 0.1) is 0 Å². The lowest BCUT2D eigenvalue weighted by atomic mass is 9.99. The molecule has 0 aromatic heterocycles. The number of amides is 1. The van der Waals surface area contributed by atoms with Gasteiger partial charge in [0.2, 0.25) is 0 Å².